The fraction of sp³-hybridized carbons (Fsp3) is 0.389. The van der Waals surface area contributed by atoms with Crippen LogP contribution in [0.5, 0.6) is 0 Å². The van der Waals surface area contributed by atoms with Crippen LogP contribution >= 0.6 is 0 Å². The van der Waals surface area contributed by atoms with E-state index in [4.69, 9.17) is 14.5 Å². The van der Waals surface area contributed by atoms with Crippen molar-refractivity contribution >= 4 is 0 Å². The van der Waals surface area contributed by atoms with E-state index in [1.807, 2.05) is 29.8 Å². The van der Waals surface area contributed by atoms with E-state index in [9.17, 15) is 0 Å². The van der Waals surface area contributed by atoms with Crippen molar-refractivity contribution in [3.8, 4) is 17.1 Å². The van der Waals surface area contributed by atoms with Gasteiger partial charge in [0.2, 0.25) is 0 Å². The van der Waals surface area contributed by atoms with Crippen LogP contribution in [0.25, 0.3) is 17.1 Å². The van der Waals surface area contributed by atoms with E-state index in [1.54, 1.807) is 6.20 Å². The SMILES string of the molecule is CCc1nc2c(o1)-c1c(C)nn(-c3ccccn3)c1CC2(C)C. The van der Waals surface area contributed by atoms with Gasteiger partial charge in [0.25, 0.3) is 0 Å². The molecule has 0 spiro atoms. The average molecular weight is 308 g/mol. The lowest BCUT2D eigenvalue weighted by Crippen LogP contribution is -2.27. The Hall–Kier alpha value is -2.43. The highest BCUT2D eigenvalue weighted by Gasteiger charge is 2.39. The zero-order chi connectivity index (χ0) is 16.2. The zero-order valence-corrected chi connectivity index (χ0v) is 13.9. The molecule has 1 aliphatic carbocycles. The highest BCUT2D eigenvalue weighted by molar-refractivity contribution is 5.70. The molecule has 1 aliphatic rings. The fourth-order valence-corrected chi connectivity index (χ4v) is 3.35. The van der Waals surface area contributed by atoms with Crippen LogP contribution in [0.3, 0.4) is 0 Å². The molecule has 23 heavy (non-hydrogen) atoms. The predicted molar refractivity (Wildman–Crippen MR) is 87.7 cm³/mol. The fourth-order valence-electron chi connectivity index (χ4n) is 3.35. The second-order valence-electron chi connectivity index (χ2n) is 6.71. The molecule has 0 saturated carbocycles. The maximum atomic E-state index is 6.06. The van der Waals surface area contributed by atoms with Gasteiger partial charge in [-0.05, 0) is 19.1 Å². The van der Waals surface area contributed by atoms with Crippen molar-refractivity contribution in [1.29, 1.82) is 0 Å². The van der Waals surface area contributed by atoms with Gasteiger partial charge in [-0.1, -0.05) is 26.8 Å². The number of hydrogen-bond acceptors (Lipinski definition) is 4. The lowest BCUT2D eigenvalue weighted by Gasteiger charge is -2.28. The van der Waals surface area contributed by atoms with Crippen LogP contribution in [0.1, 0.15) is 43.7 Å². The molecule has 3 aromatic rings. The van der Waals surface area contributed by atoms with E-state index in [-0.39, 0.29) is 5.41 Å². The summed E-state index contributed by atoms with van der Waals surface area (Å²) in [4.78, 5) is 9.17. The molecule has 0 amide bonds. The summed E-state index contributed by atoms with van der Waals surface area (Å²) in [7, 11) is 0. The molecule has 0 bridgehead atoms. The first-order valence-corrected chi connectivity index (χ1v) is 8.01. The van der Waals surface area contributed by atoms with Crippen molar-refractivity contribution in [2.75, 3.05) is 0 Å². The minimum Gasteiger partial charge on any atom is -0.440 e. The van der Waals surface area contributed by atoms with Gasteiger partial charge in [0.15, 0.2) is 17.5 Å². The number of rotatable bonds is 2. The van der Waals surface area contributed by atoms with Crippen LogP contribution in [0, 0.1) is 6.92 Å². The predicted octanol–water partition coefficient (Wildman–Crippen LogP) is 3.63. The number of oxazole rings is 1. The molecule has 0 fully saturated rings. The molecule has 0 unspecified atom stereocenters. The first kappa shape index (κ1) is 14.2. The molecule has 5 heteroatoms. The Morgan fingerprint density at radius 3 is 2.83 bits per heavy atom. The van der Waals surface area contributed by atoms with Crippen LogP contribution in [0.4, 0.5) is 0 Å². The van der Waals surface area contributed by atoms with E-state index in [1.165, 1.54) is 0 Å². The minimum absolute atomic E-state index is 0.0851. The molecule has 0 atom stereocenters. The summed E-state index contributed by atoms with van der Waals surface area (Å²) in [5.74, 6) is 2.51. The molecule has 4 rings (SSSR count). The second kappa shape index (κ2) is 4.78. The standard InChI is InChI=1S/C18H20N4O/c1-5-14-20-17-16(23-14)15-11(2)21-22(12(15)10-18(17,3)4)13-8-6-7-9-19-13/h6-9H,5,10H2,1-4H3. The Balaban J connectivity index is 1.99. The molecule has 3 heterocycles. The molecule has 0 aromatic carbocycles. The van der Waals surface area contributed by atoms with E-state index >= 15 is 0 Å². The summed E-state index contributed by atoms with van der Waals surface area (Å²) in [5, 5.41) is 4.73. The van der Waals surface area contributed by atoms with Gasteiger partial charge in [0.05, 0.1) is 22.6 Å². The lowest BCUT2D eigenvalue weighted by molar-refractivity contribution is 0.474. The maximum Gasteiger partial charge on any atom is 0.194 e. The van der Waals surface area contributed by atoms with Crippen LogP contribution in [0.15, 0.2) is 28.8 Å². The third kappa shape index (κ3) is 2.03. The van der Waals surface area contributed by atoms with Crippen LogP contribution in [-0.4, -0.2) is 19.7 Å². The average Bonchev–Trinajstić information content (AvgIpc) is 3.10. The number of aryl methyl sites for hydroxylation is 2. The second-order valence-corrected chi connectivity index (χ2v) is 6.71. The normalized spacial score (nSPS) is 15.3. The smallest absolute Gasteiger partial charge is 0.194 e. The molecule has 0 saturated heterocycles. The summed E-state index contributed by atoms with van der Waals surface area (Å²) >= 11 is 0. The maximum absolute atomic E-state index is 6.06. The molecule has 5 nitrogen and oxygen atoms in total. The third-order valence-corrected chi connectivity index (χ3v) is 4.47. The van der Waals surface area contributed by atoms with Crippen molar-refractivity contribution in [3.05, 3.63) is 47.4 Å². The lowest BCUT2D eigenvalue weighted by atomic mass is 9.77. The number of fused-ring (bicyclic) bond motifs is 3. The topological polar surface area (TPSA) is 56.7 Å². The van der Waals surface area contributed by atoms with Gasteiger partial charge in [-0.3, -0.25) is 0 Å². The van der Waals surface area contributed by atoms with Gasteiger partial charge >= 0.3 is 0 Å². The molecule has 0 radical (unpaired) electrons. The summed E-state index contributed by atoms with van der Waals surface area (Å²) < 4.78 is 8.01. The molecule has 118 valence electrons. The first-order chi connectivity index (χ1) is 11.0. The van der Waals surface area contributed by atoms with Gasteiger partial charge in [-0.25, -0.2) is 14.6 Å². The van der Waals surface area contributed by atoms with Gasteiger partial charge in [0.1, 0.15) is 0 Å². The monoisotopic (exact) mass is 308 g/mol. The van der Waals surface area contributed by atoms with E-state index < -0.39 is 0 Å². The summed E-state index contributed by atoms with van der Waals surface area (Å²) in [6, 6.07) is 5.88. The highest BCUT2D eigenvalue weighted by Crippen LogP contribution is 2.45. The van der Waals surface area contributed by atoms with Crippen molar-refractivity contribution in [1.82, 2.24) is 19.7 Å². The molecule has 0 aliphatic heterocycles. The number of hydrogen-bond donors (Lipinski definition) is 0. The molecule has 3 aromatic heterocycles. The van der Waals surface area contributed by atoms with Gasteiger partial charge in [-0.2, -0.15) is 5.10 Å². The van der Waals surface area contributed by atoms with E-state index in [2.05, 4.69) is 25.8 Å². The number of pyridine rings is 1. The van der Waals surface area contributed by atoms with Gasteiger partial charge in [-0.15, -0.1) is 0 Å². The van der Waals surface area contributed by atoms with Crippen molar-refractivity contribution in [2.24, 2.45) is 0 Å². The molecular formula is C18H20N4O. The Morgan fingerprint density at radius 1 is 1.30 bits per heavy atom. The highest BCUT2D eigenvalue weighted by atomic mass is 16.4. The van der Waals surface area contributed by atoms with Crippen molar-refractivity contribution in [3.63, 3.8) is 0 Å². The quantitative estimate of drug-likeness (QED) is 0.725. The Labute approximate surface area is 135 Å². The molecule has 0 N–H and O–H groups in total. The summed E-state index contributed by atoms with van der Waals surface area (Å²) in [6.45, 7) is 8.51. The summed E-state index contributed by atoms with van der Waals surface area (Å²) in [5.41, 5.74) is 4.15. The Kier molecular flexibility index (Phi) is 2.95. The number of aromatic nitrogens is 4. The minimum atomic E-state index is -0.0851. The van der Waals surface area contributed by atoms with Crippen LogP contribution in [-0.2, 0) is 18.3 Å². The van der Waals surface area contributed by atoms with E-state index in [0.29, 0.717) is 0 Å². The Morgan fingerprint density at radius 2 is 2.13 bits per heavy atom. The number of nitrogens with zero attached hydrogens (tertiary/aromatic N) is 4. The largest absolute Gasteiger partial charge is 0.440 e. The zero-order valence-electron chi connectivity index (χ0n) is 13.9. The van der Waals surface area contributed by atoms with Gasteiger partial charge in [0, 0.05) is 24.5 Å². The third-order valence-electron chi connectivity index (χ3n) is 4.47. The van der Waals surface area contributed by atoms with Crippen molar-refractivity contribution in [2.45, 2.75) is 46.0 Å². The van der Waals surface area contributed by atoms with Crippen LogP contribution in [0.2, 0.25) is 0 Å². The Bertz CT molecular complexity index is 874. The van der Waals surface area contributed by atoms with Crippen LogP contribution < -0.4 is 0 Å². The first-order valence-electron chi connectivity index (χ1n) is 8.01. The molecular weight excluding hydrogens is 288 g/mol. The van der Waals surface area contributed by atoms with Gasteiger partial charge < -0.3 is 4.42 Å². The van der Waals surface area contributed by atoms with Crippen molar-refractivity contribution < 1.29 is 4.42 Å². The summed E-state index contributed by atoms with van der Waals surface area (Å²) in [6.07, 6.45) is 3.45. The van der Waals surface area contributed by atoms with E-state index in [0.717, 1.165) is 53.0 Å².